The van der Waals surface area contributed by atoms with Crippen LogP contribution in [0.2, 0.25) is 0 Å². The van der Waals surface area contributed by atoms with Crippen LogP contribution in [-0.2, 0) is 17.8 Å². The zero-order valence-corrected chi connectivity index (χ0v) is 18.2. The molecule has 0 aromatic heterocycles. The lowest BCUT2D eigenvalue weighted by atomic mass is 9.90. The summed E-state index contributed by atoms with van der Waals surface area (Å²) in [5.74, 6) is 1.28. The summed E-state index contributed by atoms with van der Waals surface area (Å²) < 4.78 is 17.2. The van der Waals surface area contributed by atoms with Crippen molar-refractivity contribution in [2.45, 2.75) is 51.9 Å². The molecule has 1 aliphatic rings. The highest BCUT2D eigenvalue weighted by atomic mass is 16.6. The van der Waals surface area contributed by atoms with Gasteiger partial charge >= 0.3 is 6.09 Å². The van der Waals surface area contributed by atoms with E-state index in [0.29, 0.717) is 37.5 Å². The number of carbonyl (C=O) groups excluding carboxylic acids is 1. The Labute approximate surface area is 178 Å². The lowest BCUT2D eigenvalue weighted by Gasteiger charge is -2.38. The fraction of sp³-hybridized carbons (Fsp3) is 0.458. The van der Waals surface area contributed by atoms with Crippen molar-refractivity contribution in [1.29, 1.82) is 0 Å². The van der Waals surface area contributed by atoms with Crippen LogP contribution in [0.25, 0.3) is 0 Å². The van der Waals surface area contributed by atoms with Crippen LogP contribution in [0.1, 0.15) is 49.9 Å². The average molecular weight is 414 g/mol. The Morgan fingerprint density at radius 2 is 1.90 bits per heavy atom. The van der Waals surface area contributed by atoms with Gasteiger partial charge in [-0.15, -0.1) is 0 Å². The Bertz CT molecular complexity index is 860. The van der Waals surface area contributed by atoms with Gasteiger partial charge in [-0.2, -0.15) is 0 Å². The van der Waals surface area contributed by atoms with Crippen molar-refractivity contribution in [3.05, 3.63) is 59.2 Å². The van der Waals surface area contributed by atoms with Crippen molar-refractivity contribution in [1.82, 2.24) is 4.90 Å². The van der Waals surface area contributed by atoms with Gasteiger partial charge in [0.05, 0.1) is 13.2 Å². The first-order valence-electron chi connectivity index (χ1n) is 10.3. The highest BCUT2D eigenvalue weighted by molar-refractivity contribution is 5.70. The molecular formula is C24H31NO5. The molecule has 1 heterocycles. The lowest BCUT2D eigenvalue weighted by molar-refractivity contribution is 0.0115. The summed E-state index contributed by atoms with van der Waals surface area (Å²) >= 11 is 0. The predicted octanol–water partition coefficient (Wildman–Crippen LogP) is 4.49. The van der Waals surface area contributed by atoms with Crippen LogP contribution in [0, 0.1) is 0 Å². The second kappa shape index (κ2) is 9.39. The monoisotopic (exact) mass is 413 g/mol. The highest BCUT2D eigenvalue weighted by Crippen LogP contribution is 2.40. The number of aliphatic hydroxyl groups excluding tert-OH is 1. The number of ether oxygens (including phenoxy) is 3. The van der Waals surface area contributed by atoms with Crippen LogP contribution < -0.4 is 9.47 Å². The second-order valence-electron chi connectivity index (χ2n) is 8.43. The van der Waals surface area contributed by atoms with Gasteiger partial charge in [-0.05, 0) is 62.4 Å². The Hall–Kier alpha value is -2.73. The molecule has 6 nitrogen and oxygen atoms in total. The lowest BCUT2D eigenvalue weighted by Crippen LogP contribution is -2.43. The number of hydrogen-bond donors (Lipinski definition) is 1. The molecule has 1 amide bonds. The maximum atomic E-state index is 12.8. The van der Waals surface area contributed by atoms with Gasteiger partial charge < -0.3 is 24.2 Å². The van der Waals surface area contributed by atoms with Crippen LogP contribution in [0.4, 0.5) is 4.79 Å². The van der Waals surface area contributed by atoms with E-state index in [-0.39, 0.29) is 18.7 Å². The SMILES string of the molecule is COc1cc2c(cc1OCc1ccccc1)CCN(C(=O)OC(C)(C)C)C2CCO. The van der Waals surface area contributed by atoms with Crippen molar-refractivity contribution in [2.75, 3.05) is 20.3 Å². The van der Waals surface area contributed by atoms with Gasteiger partial charge in [0.15, 0.2) is 11.5 Å². The van der Waals surface area contributed by atoms with E-state index in [1.54, 1.807) is 12.0 Å². The molecule has 1 aliphatic heterocycles. The Kier molecular flexibility index (Phi) is 6.87. The van der Waals surface area contributed by atoms with Crippen LogP contribution >= 0.6 is 0 Å². The molecule has 162 valence electrons. The normalized spacial score (nSPS) is 16.0. The van der Waals surface area contributed by atoms with Crippen molar-refractivity contribution in [3.63, 3.8) is 0 Å². The summed E-state index contributed by atoms with van der Waals surface area (Å²) in [5, 5.41) is 9.63. The molecule has 2 aromatic rings. The summed E-state index contributed by atoms with van der Waals surface area (Å²) in [6.45, 7) is 6.49. The molecule has 1 atom stereocenters. The average Bonchev–Trinajstić information content (AvgIpc) is 2.71. The standard InChI is InChI=1S/C24H31NO5/c1-24(2,3)30-23(27)25-12-10-18-14-22(29-16-17-8-6-5-7-9-17)21(28-4)15-19(18)20(25)11-13-26/h5-9,14-15,20,26H,10-13,16H2,1-4H3. The maximum Gasteiger partial charge on any atom is 0.410 e. The van der Waals surface area contributed by atoms with E-state index in [1.165, 1.54) is 0 Å². The first-order valence-corrected chi connectivity index (χ1v) is 10.3. The number of benzene rings is 2. The molecule has 1 unspecified atom stereocenters. The Morgan fingerprint density at radius 3 is 2.53 bits per heavy atom. The first-order chi connectivity index (χ1) is 14.3. The van der Waals surface area contributed by atoms with E-state index in [0.717, 1.165) is 16.7 Å². The zero-order chi connectivity index (χ0) is 21.7. The van der Waals surface area contributed by atoms with Crippen molar-refractivity contribution >= 4 is 6.09 Å². The molecule has 1 N–H and O–H groups in total. The van der Waals surface area contributed by atoms with Gasteiger partial charge in [0.2, 0.25) is 0 Å². The van der Waals surface area contributed by atoms with E-state index in [4.69, 9.17) is 14.2 Å². The fourth-order valence-electron chi connectivity index (χ4n) is 3.69. The molecule has 2 aromatic carbocycles. The summed E-state index contributed by atoms with van der Waals surface area (Å²) in [7, 11) is 1.60. The molecular weight excluding hydrogens is 382 g/mol. The highest BCUT2D eigenvalue weighted by Gasteiger charge is 2.34. The number of hydrogen-bond acceptors (Lipinski definition) is 5. The predicted molar refractivity (Wildman–Crippen MR) is 115 cm³/mol. The van der Waals surface area contributed by atoms with Gasteiger partial charge in [0.1, 0.15) is 12.2 Å². The minimum Gasteiger partial charge on any atom is -0.493 e. The maximum absolute atomic E-state index is 12.8. The number of rotatable bonds is 6. The van der Waals surface area contributed by atoms with Crippen molar-refractivity contribution in [2.24, 2.45) is 0 Å². The fourth-order valence-corrected chi connectivity index (χ4v) is 3.69. The van der Waals surface area contributed by atoms with Gasteiger partial charge in [-0.3, -0.25) is 0 Å². The van der Waals surface area contributed by atoms with Crippen LogP contribution in [0.5, 0.6) is 11.5 Å². The third-order valence-corrected chi connectivity index (χ3v) is 5.05. The van der Waals surface area contributed by atoms with Crippen LogP contribution in [0.3, 0.4) is 0 Å². The minimum absolute atomic E-state index is 0.0298. The van der Waals surface area contributed by atoms with E-state index in [9.17, 15) is 9.90 Å². The van der Waals surface area contributed by atoms with Gasteiger partial charge in [0.25, 0.3) is 0 Å². The van der Waals surface area contributed by atoms with Crippen LogP contribution in [0.15, 0.2) is 42.5 Å². The van der Waals surface area contributed by atoms with Crippen LogP contribution in [-0.4, -0.2) is 42.0 Å². The van der Waals surface area contributed by atoms with E-state index in [2.05, 4.69) is 0 Å². The minimum atomic E-state index is -0.575. The largest absolute Gasteiger partial charge is 0.493 e. The first kappa shape index (κ1) is 22.0. The third kappa shape index (κ3) is 5.25. The molecule has 3 rings (SSSR count). The topological polar surface area (TPSA) is 68.2 Å². The molecule has 6 heteroatoms. The molecule has 30 heavy (non-hydrogen) atoms. The van der Waals surface area contributed by atoms with Crippen molar-refractivity contribution < 1.29 is 24.1 Å². The quantitative estimate of drug-likeness (QED) is 0.756. The molecule has 0 radical (unpaired) electrons. The number of carbonyl (C=O) groups is 1. The number of amides is 1. The summed E-state index contributed by atoms with van der Waals surface area (Å²) in [4.78, 5) is 14.5. The van der Waals surface area contributed by atoms with E-state index < -0.39 is 5.60 Å². The number of methoxy groups -OCH3 is 1. The second-order valence-corrected chi connectivity index (χ2v) is 8.43. The van der Waals surface area contributed by atoms with Crippen molar-refractivity contribution in [3.8, 4) is 11.5 Å². The molecule has 0 spiro atoms. The van der Waals surface area contributed by atoms with E-state index >= 15 is 0 Å². The zero-order valence-electron chi connectivity index (χ0n) is 18.2. The molecule has 0 saturated heterocycles. The Morgan fingerprint density at radius 1 is 1.17 bits per heavy atom. The van der Waals surface area contributed by atoms with Gasteiger partial charge in [-0.1, -0.05) is 30.3 Å². The van der Waals surface area contributed by atoms with E-state index in [1.807, 2.05) is 63.2 Å². The Balaban J connectivity index is 1.87. The molecule has 0 saturated carbocycles. The third-order valence-electron chi connectivity index (χ3n) is 5.05. The molecule has 0 aliphatic carbocycles. The van der Waals surface area contributed by atoms with Gasteiger partial charge in [0, 0.05) is 13.2 Å². The number of nitrogens with zero attached hydrogens (tertiary/aromatic N) is 1. The summed E-state index contributed by atoms with van der Waals surface area (Å²) in [6, 6.07) is 13.6. The smallest absolute Gasteiger partial charge is 0.410 e. The number of aliphatic hydroxyl groups is 1. The molecule has 0 bridgehead atoms. The number of fused-ring (bicyclic) bond motifs is 1. The van der Waals surface area contributed by atoms with Gasteiger partial charge in [-0.25, -0.2) is 4.79 Å². The molecule has 0 fully saturated rings. The summed E-state index contributed by atoms with van der Waals surface area (Å²) in [6.07, 6.45) is 0.747. The summed E-state index contributed by atoms with van der Waals surface area (Å²) in [5.41, 5.74) is 2.56.